The van der Waals surface area contributed by atoms with Crippen LogP contribution in [-0.2, 0) is 4.79 Å². The summed E-state index contributed by atoms with van der Waals surface area (Å²) < 4.78 is 0. The SMILES string of the molecule is CCCC(C)(N)C(=O)N1CCN(C2CC2)CC1. The molecule has 4 nitrogen and oxygen atoms in total. The zero-order chi connectivity index (χ0) is 12.5. The van der Waals surface area contributed by atoms with Gasteiger partial charge in [0.2, 0.25) is 5.91 Å². The molecule has 2 rings (SSSR count). The van der Waals surface area contributed by atoms with Gasteiger partial charge in [0.05, 0.1) is 5.54 Å². The molecule has 0 aromatic carbocycles. The highest BCUT2D eigenvalue weighted by atomic mass is 16.2. The fraction of sp³-hybridized carbons (Fsp3) is 0.923. The van der Waals surface area contributed by atoms with Gasteiger partial charge in [-0.2, -0.15) is 0 Å². The molecular weight excluding hydrogens is 214 g/mol. The quantitative estimate of drug-likeness (QED) is 0.790. The van der Waals surface area contributed by atoms with Crippen LogP contribution in [0.3, 0.4) is 0 Å². The summed E-state index contributed by atoms with van der Waals surface area (Å²) in [6.45, 7) is 7.70. The van der Waals surface area contributed by atoms with E-state index in [1.165, 1.54) is 12.8 Å². The summed E-state index contributed by atoms with van der Waals surface area (Å²) in [4.78, 5) is 16.7. The van der Waals surface area contributed by atoms with Crippen molar-refractivity contribution in [3.63, 3.8) is 0 Å². The van der Waals surface area contributed by atoms with E-state index in [9.17, 15) is 4.79 Å². The molecule has 0 aromatic heterocycles. The van der Waals surface area contributed by atoms with Crippen LogP contribution >= 0.6 is 0 Å². The summed E-state index contributed by atoms with van der Waals surface area (Å²) in [5.74, 6) is 0.134. The maximum absolute atomic E-state index is 12.3. The fourth-order valence-electron chi connectivity index (χ4n) is 2.72. The Bertz CT molecular complexity index is 278. The van der Waals surface area contributed by atoms with Gasteiger partial charge in [-0.05, 0) is 26.2 Å². The van der Waals surface area contributed by atoms with Gasteiger partial charge >= 0.3 is 0 Å². The third-order valence-electron chi connectivity index (χ3n) is 3.92. The number of carbonyl (C=O) groups excluding carboxylic acids is 1. The monoisotopic (exact) mass is 239 g/mol. The molecule has 2 aliphatic rings. The lowest BCUT2D eigenvalue weighted by molar-refractivity contribution is -0.138. The zero-order valence-corrected chi connectivity index (χ0v) is 11.1. The first-order valence-corrected chi connectivity index (χ1v) is 6.87. The molecule has 1 atom stereocenters. The number of rotatable bonds is 4. The van der Waals surface area contributed by atoms with Crippen molar-refractivity contribution in [3.8, 4) is 0 Å². The molecule has 2 N–H and O–H groups in total. The number of carbonyl (C=O) groups is 1. The van der Waals surface area contributed by atoms with Crippen LogP contribution in [0.4, 0.5) is 0 Å². The highest BCUT2D eigenvalue weighted by Crippen LogP contribution is 2.27. The van der Waals surface area contributed by atoms with Crippen molar-refractivity contribution in [3.05, 3.63) is 0 Å². The summed E-state index contributed by atoms with van der Waals surface area (Å²) in [7, 11) is 0. The van der Waals surface area contributed by atoms with E-state index in [0.29, 0.717) is 0 Å². The van der Waals surface area contributed by atoms with E-state index in [-0.39, 0.29) is 5.91 Å². The first-order chi connectivity index (χ1) is 8.04. The van der Waals surface area contributed by atoms with Crippen molar-refractivity contribution in [2.24, 2.45) is 5.73 Å². The minimum atomic E-state index is -0.670. The van der Waals surface area contributed by atoms with E-state index in [1.54, 1.807) is 0 Å². The third kappa shape index (κ3) is 2.99. The van der Waals surface area contributed by atoms with E-state index in [2.05, 4.69) is 11.8 Å². The Kier molecular flexibility index (Phi) is 3.73. The number of hydrogen-bond donors (Lipinski definition) is 1. The van der Waals surface area contributed by atoms with Gasteiger partial charge in [-0.25, -0.2) is 0 Å². The Balaban J connectivity index is 1.84. The van der Waals surface area contributed by atoms with Crippen molar-refractivity contribution >= 4 is 5.91 Å². The molecular formula is C13H25N3O. The molecule has 1 saturated carbocycles. The van der Waals surface area contributed by atoms with Crippen LogP contribution in [-0.4, -0.2) is 53.5 Å². The summed E-state index contributed by atoms with van der Waals surface area (Å²) in [5, 5.41) is 0. The molecule has 1 aliphatic heterocycles. The number of hydrogen-bond acceptors (Lipinski definition) is 3. The Morgan fingerprint density at radius 1 is 1.29 bits per heavy atom. The second kappa shape index (κ2) is 4.94. The van der Waals surface area contributed by atoms with Gasteiger partial charge in [0, 0.05) is 32.2 Å². The van der Waals surface area contributed by atoms with Gasteiger partial charge in [0.25, 0.3) is 0 Å². The second-order valence-corrected chi connectivity index (χ2v) is 5.73. The molecule has 4 heteroatoms. The Labute approximate surface area is 104 Å². The molecule has 1 aliphatic carbocycles. The Morgan fingerprint density at radius 2 is 1.88 bits per heavy atom. The molecule has 0 spiro atoms. The fourth-order valence-corrected chi connectivity index (χ4v) is 2.72. The molecule has 0 aromatic rings. The summed E-state index contributed by atoms with van der Waals surface area (Å²) >= 11 is 0. The minimum absolute atomic E-state index is 0.134. The summed E-state index contributed by atoms with van der Waals surface area (Å²) in [5.41, 5.74) is 5.43. The van der Waals surface area contributed by atoms with Crippen LogP contribution in [0.5, 0.6) is 0 Å². The van der Waals surface area contributed by atoms with Gasteiger partial charge in [-0.3, -0.25) is 9.69 Å². The highest BCUT2D eigenvalue weighted by molar-refractivity contribution is 5.85. The van der Waals surface area contributed by atoms with Crippen molar-refractivity contribution < 1.29 is 4.79 Å². The molecule has 1 unspecified atom stereocenters. The van der Waals surface area contributed by atoms with Crippen LogP contribution in [0.15, 0.2) is 0 Å². The maximum atomic E-state index is 12.3. The zero-order valence-electron chi connectivity index (χ0n) is 11.1. The van der Waals surface area contributed by atoms with Gasteiger partial charge in [-0.1, -0.05) is 13.3 Å². The molecule has 1 heterocycles. The van der Waals surface area contributed by atoms with Gasteiger partial charge in [-0.15, -0.1) is 0 Å². The highest BCUT2D eigenvalue weighted by Gasteiger charge is 2.36. The minimum Gasteiger partial charge on any atom is -0.339 e. The van der Waals surface area contributed by atoms with Crippen molar-refractivity contribution in [1.29, 1.82) is 0 Å². The second-order valence-electron chi connectivity index (χ2n) is 5.73. The van der Waals surface area contributed by atoms with Crippen LogP contribution in [0, 0.1) is 0 Å². The molecule has 0 bridgehead atoms. The van der Waals surface area contributed by atoms with Gasteiger partial charge in [0.15, 0.2) is 0 Å². The van der Waals surface area contributed by atoms with E-state index < -0.39 is 5.54 Å². The van der Waals surface area contributed by atoms with E-state index in [4.69, 9.17) is 5.73 Å². The number of piperazine rings is 1. The van der Waals surface area contributed by atoms with Gasteiger partial charge in [0.1, 0.15) is 0 Å². The topological polar surface area (TPSA) is 49.6 Å². The number of nitrogens with two attached hydrogens (primary N) is 1. The van der Waals surface area contributed by atoms with Crippen molar-refractivity contribution in [2.75, 3.05) is 26.2 Å². The average molecular weight is 239 g/mol. The van der Waals surface area contributed by atoms with E-state index in [1.807, 2.05) is 11.8 Å². The lowest BCUT2D eigenvalue weighted by Crippen LogP contribution is -2.58. The molecule has 1 amide bonds. The first-order valence-electron chi connectivity index (χ1n) is 6.87. The lowest BCUT2D eigenvalue weighted by atomic mass is 9.95. The Hall–Kier alpha value is -0.610. The van der Waals surface area contributed by atoms with Crippen molar-refractivity contribution in [1.82, 2.24) is 9.80 Å². The van der Waals surface area contributed by atoms with Crippen LogP contribution < -0.4 is 5.73 Å². The standard InChI is InChI=1S/C13H25N3O/c1-3-6-13(2,14)12(17)16-9-7-15(8-10-16)11-4-5-11/h11H,3-10,14H2,1-2H3. The average Bonchev–Trinajstić information content (AvgIpc) is 3.12. The largest absolute Gasteiger partial charge is 0.339 e. The maximum Gasteiger partial charge on any atom is 0.242 e. The predicted octanol–water partition coefficient (Wildman–Crippen LogP) is 0.811. The molecule has 1 saturated heterocycles. The Morgan fingerprint density at radius 3 is 2.35 bits per heavy atom. The van der Waals surface area contributed by atoms with E-state index in [0.717, 1.165) is 45.1 Å². The molecule has 0 radical (unpaired) electrons. The summed E-state index contributed by atoms with van der Waals surface area (Å²) in [6.07, 6.45) is 4.42. The van der Waals surface area contributed by atoms with Gasteiger partial charge < -0.3 is 10.6 Å². The molecule has 17 heavy (non-hydrogen) atoms. The molecule has 2 fully saturated rings. The normalized spacial score (nSPS) is 25.7. The number of amides is 1. The van der Waals surface area contributed by atoms with E-state index >= 15 is 0 Å². The third-order valence-corrected chi connectivity index (χ3v) is 3.92. The first kappa shape index (κ1) is 12.8. The number of nitrogens with zero attached hydrogens (tertiary/aromatic N) is 2. The van der Waals surface area contributed by atoms with Crippen LogP contribution in [0.1, 0.15) is 39.5 Å². The summed E-state index contributed by atoms with van der Waals surface area (Å²) in [6, 6.07) is 0.812. The van der Waals surface area contributed by atoms with Crippen LogP contribution in [0.25, 0.3) is 0 Å². The lowest BCUT2D eigenvalue weighted by Gasteiger charge is -2.38. The van der Waals surface area contributed by atoms with Crippen LogP contribution in [0.2, 0.25) is 0 Å². The predicted molar refractivity (Wildman–Crippen MR) is 68.7 cm³/mol. The van der Waals surface area contributed by atoms with Crippen molar-refractivity contribution in [2.45, 2.75) is 51.1 Å². The molecule has 98 valence electrons. The smallest absolute Gasteiger partial charge is 0.242 e.